The van der Waals surface area contributed by atoms with E-state index < -0.39 is 4.92 Å². The van der Waals surface area contributed by atoms with Gasteiger partial charge in [-0.3, -0.25) is 19.9 Å². The van der Waals surface area contributed by atoms with Crippen LogP contribution in [-0.4, -0.2) is 15.8 Å². The second-order valence-electron chi connectivity index (χ2n) is 3.57. The van der Waals surface area contributed by atoms with Crippen LogP contribution >= 0.6 is 22.9 Å². The summed E-state index contributed by atoms with van der Waals surface area (Å²) >= 11 is 7.28. The molecule has 0 fully saturated rings. The van der Waals surface area contributed by atoms with E-state index in [1.165, 1.54) is 23.5 Å². The molecule has 0 bridgehead atoms. The molecule has 98 valence electrons. The van der Waals surface area contributed by atoms with Gasteiger partial charge in [0.15, 0.2) is 0 Å². The zero-order valence-electron chi connectivity index (χ0n) is 9.50. The number of thiazole rings is 1. The minimum absolute atomic E-state index is 0.0519. The van der Waals surface area contributed by atoms with Crippen molar-refractivity contribution in [1.82, 2.24) is 10.3 Å². The number of non-ortho nitro benzene ring substituents is 1. The zero-order valence-corrected chi connectivity index (χ0v) is 11.1. The second kappa shape index (κ2) is 5.77. The number of benzene rings is 1. The van der Waals surface area contributed by atoms with Crippen LogP contribution in [0.2, 0.25) is 5.02 Å². The van der Waals surface area contributed by atoms with Gasteiger partial charge in [-0.1, -0.05) is 11.6 Å². The summed E-state index contributed by atoms with van der Waals surface area (Å²) in [4.78, 5) is 26.6. The Kier molecular flexibility index (Phi) is 4.08. The lowest BCUT2D eigenvalue weighted by Gasteiger charge is -2.05. The van der Waals surface area contributed by atoms with Gasteiger partial charge in [-0.2, -0.15) is 0 Å². The number of aromatic nitrogens is 1. The highest BCUT2D eigenvalue weighted by atomic mass is 35.5. The molecule has 1 N–H and O–H groups in total. The van der Waals surface area contributed by atoms with E-state index in [1.54, 1.807) is 11.7 Å². The number of nitro groups is 1. The maximum absolute atomic E-state index is 11.9. The molecular weight excluding hydrogens is 290 g/mol. The number of nitrogens with one attached hydrogen (secondary N) is 1. The maximum Gasteiger partial charge on any atom is 0.270 e. The SMILES string of the molecule is O=C(NCc1cncs1)c1ccc([N+](=O)[O-])cc1Cl. The zero-order chi connectivity index (χ0) is 13.8. The number of rotatable bonds is 4. The number of halogens is 1. The van der Waals surface area contributed by atoms with Gasteiger partial charge in [0.25, 0.3) is 11.6 Å². The molecule has 1 heterocycles. The average Bonchev–Trinajstić information content (AvgIpc) is 2.88. The van der Waals surface area contributed by atoms with E-state index in [9.17, 15) is 14.9 Å². The van der Waals surface area contributed by atoms with Gasteiger partial charge < -0.3 is 5.32 Å². The molecule has 0 spiro atoms. The van der Waals surface area contributed by atoms with Crippen molar-refractivity contribution >= 4 is 34.5 Å². The number of hydrogen-bond acceptors (Lipinski definition) is 5. The number of carbonyl (C=O) groups excluding carboxylic acids is 1. The summed E-state index contributed by atoms with van der Waals surface area (Å²) < 4.78 is 0. The van der Waals surface area contributed by atoms with Crippen molar-refractivity contribution in [2.45, 2.75) is 6.54 Å². The molecule has 8 heteroatoms. The summed E-state index contributed by atoms with van der Waals surface area (Å²) in [6.07, 6.45) is 1.66. The van der Waals surface area contributed by atoms with E-state index in [1.807, 2.05) is 0 Å². The third kappa shape index (κ3) is 3.27. The largest absolute Gasteiger partial charge is 0.347 e. The van der Waals surface area contributed by atoms with E-state index in [4.69, 9.17) is 11.6 Å². The van der Waals surface area contributed by atoms with Gasteiger partial charge in [-0.15, -0.1) is 11.3 Å². The first-order valence-electron chi connectivity index (χ1n) is 5.17. The monoisotopic (exact) mass is 297 g/mol. The fourth-order valence-corrected chi connectivity index (χ4v) is 2.19. The number of amides is 1. The smallest absolute Gasteiger partial charge is 0.270 e. The molecule has 2 aromatic rings. The minimum Gasteiger partial charge on any atom is -0.347 e. The summed E-state index contributed by atoms with van der Waals surface area (Å²) in [6.45, 7) is 0.344. The molecular formula is C11H8ClN3O3S. The standard InChI is InChI=1S/C11H8ClN3O3S/c12-10-3-7(15(17)18)1-2-9(10)11(16)14-5-8-4-13-6-19-8/h1-4,6H,5H2,(H,14,16). The molecule has 0 aliphatic carbocycles. The highest BCUT2D eigenvalue weighted by Gasteiger charge is 2.14. The lowest BCUT2D eigenvalue weighted by molar-refractivity contribution is -0.384. The normalized spacial score (nSPS) is 10.2. The van der Waals surface area contributed by atoms with Crippen LogP contribution < -0.4 is 5.32 Å². The molecule has 0 atom stereocenters. The van der Waals surface area contributed by atoms with Gasteiger partial charge in [0.2, 0.25) is 0 Å². The summed E-state index contributed by atoms with van der Waals surface area (Å²) in [6, 6.07) is 3.74. The van der Waals surface area contributed by atoms with Crippen molar-refractivity contribution in [3.63, 3.8) is 0 Å². The first-order valence-corrected chi connectivity index (χ1v) is 6.43. The van der Waals surface area contributed by atoms with Crippen LogP contribution in [0.15, 0.2) is 29.9 Å². The van der Waals surface area contributed by atoms with Crippen LogP contribution in [0, 0.1) is 10.1 Å². The predicted octanol–water partition coefficient (Wildman–Crippen LogP) is 2.63. The maximum atomic E-state index is 11.9. The lowest BCUT2D eigenvalue weighted by Crippen LogP contribution is -2.22. The van der Waals surface area contributed by atoms with E-state index in [-0.39, 0.29) is 22.2 Å². The van der Waals surface area contributed by atoms with Gasteiger partial charge in [-0.05, 0) is 6.07 Å². The van der Waals surface area contributed by atoms with Gasteiger partial charge in [0.1, 0.15) is 0 Å². The summed E-state index contributed by atoms with van der Waals surface area (Å²) in [5.74, 6) is -0.381. The van der Waals surface area contributed by atoms with Gasteiger partial charge in [0.05, 0.1) is 27.6 Å². The Labute approximate surface area is 117 Å². The highest BCUT2D eigenvalue weighted by molar-refractivity contribution is 7.09. The van der Waals surface area contributed by atoms with Crippen LogP contribution in [0.3, 0.4) is 0 Å². The van der Waals surface area contributed by atoms with Crippen LogP contribution in [0.1, 0.15) is 15.2 Å². The van der Waals surface area contributed by atoms with Crippen molar-refractivity contribution in [3.05, 3.63) is 55.5 Å². The Bertz CT molecular complexity index is 616. The molecule has 1 amide bonds. The molecule has 0 unspecified atom stereocenters. The van der Waals surface area contributed by atoms with E-state index in [0.717, 1.165) is 10.9 Å². The van der Waals surface area contributed by atoms with Gasteiger partial charge in [0, 0.05) is 23.2 Å². The van der Waals surface area contributed by atoms with Gasteiger partial charge in [-0.25, -0.2) is 0 Å². The van der Waals surface area contributed by atoms with Crippen molar-refractivity contribution in [3.8, 4) is 0 Å². The molecule has 0 radical (unpaired) electrons. The topological polar surface area (TPSA) is 85.1 Å². The average molecular weight is 298 g/mol. The number of nitrogens with zero attached hydrogens (tertiary/aromatic N) is 2. The van der Waals surface area contributed by atoms with Gasteiger partial charge >= 0.3 is 0 Å². The number of hydrogen-bond donors (Lipinski definition) is 1. The van der Waals surface area contributed by atoms with Crippen molar-refractivity contribution in [2.24, 2.45) is 0 Å². The molecule has 0 saturated heterocycles. The summed E-state index contributed by atoms with van der Waals surface area (Å²) in [5, 5.41) is 13.3. The molecule has 0 aliphatic rings. The fourth-order valence-electron chi connectivity index (χ4n) is 1.39. The second-order valence-corrected chi connectivity index (χ2v) is 4.95. The van der Waals surface area contributed by atoms with E-state index >= 15 is 0 Å². The Balaban J connectivity index is 2.09. The van der Waals surface area contributed by atoms with Crippen LogP contribution in [0.5, 0.6) is 0 Å². The van der Waals surface area contributed by atoms with Crippen molar-refractivity contribution < 1.29 is 9.72 Å². The predicted molar refractivity (Wildman–Crippen MR) is 71.4 cm³/mol. The molecule has 1 aromatic carbocycles. The Hall–Kier alpha value is -1.99. The van der Waals surface area contributed by atoms with Crippen LogP contribution in [0.4, 0.5) is 5.69 Å². The Morgan fingerprint density at radius 1 is 1.53 bits per heavy atom. The fraction of sp³-hybridized carbons (Fsp3) is 0.0909. The Morgan fingerprint density at radius 2 is 2.32 bits per heavy atom. The van der Waals surface area contributed by atoms with Crippen molar-refractivity contribution in [1.29, 1.82) is 0 Å². The third-order valence-electron chi connectivity index (χ3n) is 2.31. The lowest BCUT2D eigenvalue weighted by atomic mass is 10.2. The number of carbonyl (C=O) groups is 1. The summed E-state index contributed by atoms with van der Waals surface area (Å²) in [7, 11) is 0. The summed E-state index contributed by atoms with van der Waals surface area (Å²) in [5.41, 5.74) is 1.72. The van der Waals surface area contributed by atoms with E-state index in [2.05, 4.69) is 10.3 Å². The van der Waals surface area contributed by atoms with Crippen LogP contribution in [-0.2, 0) is 6.54 Å². The first kappa shape index (κ1) is 13.4. The Morgan fingerprint density at radius 3 is 2.89 bits per heavy atom. The number of nitro benzene ring substituents is 1. The molecule has 2 rings (SSSR count). The molecule has 6 nitrogen and oxygen atoms in total. The molecule has 0 aliphatic heterocycles. The first-order chi connectivity index (χ1) is 9.08. The third-order valence-corrected chi connectivity index (χ3v) is 3.41. The van der Waals surface area contributed by atoms with Crippen molar-refractivity contribution in [2.75, 3.05) is 0 Å². The van der Waals surface area contributed by atoms with Crippen LogP contribution in [0.25, 0.3) is 0 Å². The molecule has 1 aromatic heterocycles. The highest BCUT2D eigenvalue weighted by Crippen LogP contribution is 2.22. The molecule has 0 saturated carbocycles. The van der Waals surface area contributed by atoms with E-state index in [0.29, 0.717) is 6.54 Å². The molecule has 19 heavy (non-hydrogen) atoms. The quantitative estimate of drug-likeness (QED) is 0.694. The minimum atomic E-state index is -0.565.